The smallest absolute Gasteiger partial charge is 0.857 e. The molecule has 244 valence electrons. The van der Waals surface area contributed by atoms with Gasteiger partial charge in [0.25, 0.3) is 22.2 Å². The van der Waals surface area contributed by atoms with Crippen molar-refractivity contribution in [3.05, 3.63) is 91.8 Å². The van der Waals surface area contributed by atoms with Gasteiger partial charge in [0, 0.05) is 47.4 Å². The van der Waals surface area contributed by atoms with Gasteiger partial charge in [0.05, 0.1) is 43.5 Å². The maximum Gasteiger partial charge on any atom is 1.00 e. The van der Waals surface area contributed by atoms with Gasteiger partial charge in [-0.25, -0.2) is 18.7 Å². The van der Waals surface area contributed by atoms with Crippen LogP contribution in [0.1, 0.15) is 0 Å². The van der Waals surface area contributed by atoms with Gasteiger partial charge in [-0.05, 0) is 47.8 Å². The van der Waals surface area contributed by atoms with E-state index in [0.29, 0.717) is 24.9 Å². The molecule has 0 saturated heterocycles. The van der Waals surface area contributed by atoms with Crippen LogP contribution >= 0.6 is 47.8 Å². The van der Waals surface area contributed by atoms with Crippen LogP contribution in [0.3, 0.4) is 0 Å². The molecule has 0 unspecified atom stereocenters. The van der Waals surface area contributed by atoms with E-state index < -0.39 is 0 Å². The van der Waals surface area contributed by atoms with Gasteiger partial charge in [-0.2, -0.15) is 27.5 Å². The van der Waals surface area contributed by atoms with Gasteiger partial charge < -0.3 is 24.8 Å². The zero-order valence-corrected chi connectivity index (χ0v) is 32.7. The first-order chi connectivity index (χ1) is 20.7. The second-order valence-corrected chi connectivity index (χ2v) is 9.66. The quantitative estimate of drug-likeness (QED) is 0.190. The molecule has 17 nitrogen and oxygen atoms in total. The molecule has 0 aliphatic heterocycles. The summed E-state index contributed by atoms with van der Waals surface area (Å²) in [4.78, 5) is 43.5. The first-order valence-electron chi connectivity index (χ1n) is 11.5. The summed E-state index contributed by atoms with van der Waals surface area (Å²) in [6, 6.07) is 2.49. The van der Waals surface area contributed by atoms with Crippen molar-refractivity contribution in [2.45, 2.75) is 0 Å². The van der Waals surface area contributed by atoms with Crippen LogP contribution < -0.4 is 66.4 Å². The average molecular weight is 839 g/mol. The van der Waals surface area contributed by atoms with E-state index in [1.165, 1.54) is 60.0 Å². The van der Waals surface area contributed by atoms with E-state index in [9.17, 15) is 19.2 Å². The van der Waals surface area contributed by atoms with Gasteiger partial charge in [0.15, 0.2) is 5.75 Å². The number of ether oxygens (including phenoxy) is 2. The van der Waals surface area contributed by atoms with Crippen LogP contribution in [-0.2, 0) is 28.2 Å². The fourth-order valence-electron chi connectivity index (χ4n) is 2.15. The molecule has 0 aliphatic rings. The summed E-state index contributed by atoms with van der Waals surface area (Å²) in [7, 11) is 11.0. The Morgan fingerprint density at radius 2 is 1.09 bits per heavy atom. The molecular weight excluding hydrogens is 807 g/mol. The molecule has 4 rings (SSSR count). The number of aryl methyl sites for hydroxylation is 4. The van der Waals surface area contributed by atoms with Crippen LogP contribution in [0.4, 0.5) is 0 Å². The van der Waals surface area contributed by atoms with Gasteiger partial charge in [-0.3, -0.25) is 19.2 Å². The maximum absolute atomic E-state index is 11.1. The second kappa shape index (κ2) is 25.5. The molecule has 0 amide bonds. The Hall–Kier alpha value is -2.72. The first-order valence-corrected chi connectivity index (χ1v) is 13.9. The molecule has 4 aromatic heterocycles. The number of hydrogen-bond acceptors (Lipinski definition) is 13. The van der Waals surface area contributed by atoms with E-state index >= 15 is 0 Å². The van der Waals surface area contributed by atoms with Crippen LogP contribution in [0.5, 0.6) is 17.2 Å². The Morgan fingerprint density at radius 1 is 0.667 bits per heavy atom. The van der Waals surface area contributed by atoms with Gasteiger partial charge in [0.1, 0.15) is 20.4 Å². The van der Waals surface area contributed by atoms with Crippen molar-refractivity contribution in [2.75, 3.05) is 28.4 Å². The van der Waals surface area contributed by atoms with Crippen molar-refractivity contribution in [1.29, 1.82) is 0 Å². The number of aliphatic hydroxyl groups excluding tert-OH is 1. The van der Waals surface area contributed by atoms with E-state index in [0.717, 1.165) is 25.0 Å². The third-order valence-electron chi connectivity index (χ3n) is 4.43. The summed E-state index contributed by atoms with van der Waals surface area (Å²) < 4.78 is 16.1. The van der Waals surface area contributed by atoms with Crippen LogP contribution in [0.25, 0.3) is 0 Å². The van der Waals surface area contributed by atoms with E-state index in [1.54, 1.807) is 27.3 Å². The van der Waals surface area contributed by atoms with Crippen LogP contribution in [0.2, 0.25) is 0 Å². The number of hydrogen-bond donors (Lipinski definition) is 2. The fourth-order valence-corrected chi connectivity index (χ4v) is 3.29. The first kappa shape index (κ1) is 46.7. The number of rotatable bonds is 2. The largest absolute Gasteiger partial charge is 1.00 e. The maximum atomic E-state index is 11.1. The molecule has 0 fully saturated rings. The predicted molar refractivity (Wildman–Crippen MR) is 170 cm³/mol. The minimum Gasteiger partial charge on any atom is -0.857 e. The van der Waals surface area contributed by atoms with Crippen molar-refractivity contribution in [1.82, 2.24) is 39.1 Å². The van der Waals surface area contributed by atoms with Crippen LogP contribution in [0, 0.1) is 0 Å². The summed E-state index contributed by atoms with van der Waals surface area (Å²) in [5, 5.41) is 38.7. The van der Waals surface area contributed by atoms with Crippen LogP contribution in [0.15, 0.2) is 69.5 Å². The molecule has 0 spiro atoms. The molecule has 0 aromatic carbocycles. The molecule has 0 bridgehead atoms. The van der Waals surface area contributed by atoms with E-state index in [1.807, 2.05) is 0 Å². The molecule has 4 heterocycles. The molecule has 21 heteroatoms. The Kier molecular flexibility index (Phi) is 26.4. The minimum atomic E-state index is -0.310. The third-order valence-corrected chi connectivity index (χ3v) is 7.06. The Morgan fingerprint density at radius 3 is 1.49 bits per heavy atom. The number of halogens is 3. The third kappa shape index (κ3) is 17.0. The molecule has 0 atom stereocenters. The van der Waals surface area contributed by atoms with Gasteiger partial charge in [-0.1, -0.05) is 0 Å². The molecule has 0 saturated carbocycles. The van der Waals surface area contributed by atoms with Gasteiger partial charge >= 0.3 is 29.6 Å². The van der Waals surface area contributed by atoms with Crippen molar-refractivity contribution < 1.29 is 54.4 Å². The molecule has 0 aliphatic carbocycles. The summed E-state index contributed by atoms with van der Waals surface area (Å²) in [5.74, 6) is 0.842. The number of nitrogens with zero attached hydrogens (tertiary/aromatic N) is 8. The Labute approximate surface area is 304 Å². The minimum absolute atomic E-state index is 0. The van der Waals surface area contributed by atoms with Gasteiger partial charge in [-0.15, -0.1) is 0 Å². The zero-order chi connectivity index (χ0) is 34.6. The molecule has 4 aromatic rings. The summed E-state index contributed by atoms with van der Waals surface area (Å²) >= 11 is 9.36. The van der Waals surface area contributed by atoms with E-state index in [2.05, 4.69) is 68.2 Å². The topological polar surface area (TPSA) is 222 Å². The Balaban J connectivity index is -0.000000500. The number of aromatic nitrogens is 8. The normalized spacial score (nSPS) is 8.82. The van der Waals surface area contributed by atoms with Crippen molar-refractivity contribution >= 4 is 47.8 Å². The summed E-state index contributed by atoms with van der Waals surface area (Å²) in [5.41, 5.74) is -0.826. The average Bonchev–Trinajstić information content (AvgIpc) is 3.03. The number of aromatic hydroxyl groups is 1. The monoisotopic (exact) mass is 836 g/mol. The number of aliphatic hydroxyl groups is 1. The van der Waals surface area contributed by atoms with E-state index in [4.69, 9.17) is 24.8 Å². The molecule has 45 heavy (non-hydrogen) atoms. The van der Waals surface area contributed by atoms with Crippen molar-refractivity contribution in [3.63, 3.8) is 0 Å². The Bertz CT molecular complexity index is 1680. The van der Waals surface area contributed by atoms with Crippen LogP contribution in [-0.4, -0.2) is 77.8 Å². The van der Waals surface area contributed by atoms with Crippen molar-refractivity contribution in [2.24, 2.45) is 28.2 Å². The fraction of sp³-hybridized carbons (Fsp3) is 0.333. The SMILES string of the molecule is CO.COc1cnn(C)c(=O)c1.COc1cnn(C)c(=O)c1Br.C[O-].Cn1ncc(Br)c(Br)c1=O.Cn1ncc(O)cc1=O.[Na+]. The van der Waals surface area contributed by atoms with Gasteiger partial charge in [0.2, 0.25) is 0 Å². The molecule has 0 radical (unpaired) electrons. The molecular formula is C24H32Br3N8NaO9. The molecule has 2 N–H and O–H groups in total. The second-order valence-electron chi connectivity index (χ2n) is 7.22. The van der Waals surface area contributed by atoms with E-state index in [-0.39, 0.29) is 57.5 Å². The summed E-state index contributed by atoms with van der Waals surface area (Å²) in [6.45, 7) is 0. The predicted octanol–water partition coefficient (Wildman–Crippen LogP) is -3.28. The van der Waals surface area contributed by atoms with Crippen molar-refractivity contribution in [3.8, 4) is 17.2 Å². The summed E-state index contributed by atoms with van der Waals surface area (Å²) in [6.07, 6.45) is 5.74. The zero-order valence-electron chi connectivity index (χ0n) is 25.9. The number of methoxy groups -OCH3 is 2. The standard InChI is InChI=1S/C6H7BrN2O2.C6H8N2O2.C5H4Br2N2O.C5H6N2O2.CH4O.CH3O.Na/c1-9-6(10)5(7)4(11-2)3-8-9;1-8-6(9)3-5(10-2)4-7-8;1-9-5(10)4(7)3(6)2-8-9;1-7-5(9)2-4(8)3-6-7;2*1-2;/h3H,1-2H3;3-4H,1-2H3;2H,1H3;2-3,8H,1H3;2H,1H3;1H3;/q;;;;;-1;+1.